The van der Waals surface area contributed by atoms with Crippen LogP contribution >= 0.6 is 0 Å². The van der Waals surface area contributed by atoms with Crippen molar-refractivity contribution in [2.24, 2.45) is 0 Å². The molecule has 1 aliphatic rings. The Morgan fingerprint density at radius 1 is 1.36 bits per heavy atom. The summed E-state index contributed by atoms with van der Waals surface area (Å²) in [5.74, 6) is -0.256. The van der Waals surface area contributed by atoms with E-state index in [4.69, 9.17) is 0 Å². The van der Waals surface area contributed by atoms with Gasteiger partial charge in [-0.05, 0) is 43.5 Å². The van der Waals surface area contributed by atoms with Gasteiger partial charge in [0.2, 0.25) is 5.91 Å². The van der Waals surface area contributed by atoms with Crippen molar-refractivity contribution < 1.29 is 9.18 Å². The van der Waals surface area contributed by atoms with Crippen LogP contribution < -0.4 is 5.32 Å². The van der Waals surface area contributed by atoms with Crippen molar-refractivity contribution in [2.75, 3.05) is 6.54 Å². The van der Waals surface area contributed by atoms with Crippen LogP contribution in [0.15, 0.2) is 48.2 Å². The Labute approximate surface area is 128 Å². The van der Waals surface area contributed by atoms with Crippen LogP contribution in [0.4, 0.5) is 4.39 Å². The van der Waals surface area contributed by atoms with E-state index in [9.17, 15) is 9.18 Å². The molecule has 0 saturated heterocycles. The average Bonchev–Trinajstić information content (AvgIpc) is 3.19. The van der Waals surface area contributed by atoms with Crippen molar-refractivity contribution in [3.63, 3.8) is 0 Å². The smallest absolute Gasteiger partial charge is 0.246 e. The summed E-state index contributed by atoms with van der Waals surface area (Å²) in [6.45, 7) is 0.552. The quantitative estimate of drug-likeness (QED) is 0.923. The average molecular weight is 299 g/mol. The summed E-state index contributed by atoms with van der Waals surface area (Å²) < 4.78 is 14.8. The standard InChI is InChI=1S/C17H18FN3O/c18-14-6-3-7-16(12-14)21-11-9-15(20-21)8-10-19-17(22)13-4-1-2-5-13/h3-4,6-7,9,11-12H,1-2,5,8,10H2,(H,19,22). The van der Waals surface area contributed by atoms with Crippen molar-refractivity contribution in [3.05, 3.63) is 59.7 Å². The molecule has 114 valence electrons. The van der Waals surface area contributed by atoms with Gasteiger partial charge in [0.25, 0.3) is 0 Å². The first-order valence-corrected chi connectivity index (χ1v) is 7.50. The molecule has 0 radical (unpaired) electrons. The number of allylic oxidation sites excluding steroid dienone is 1. The fraction of sp³-hybridized carbons (Fsp3) is 0.294. The minimum Gasteiger partial charge on any atom is -0.352 e. The van der Waals surface area contributed by atoms with E-state index in [1.54, 1.807) is 23.0 Å². The molecule has 1 aromatic carbocycles. The topological polar surface area (TPSA) is 46.9 Å². The third-order valence-electron chi connectivity index (χ3n) is 3.72. The number of carbonyl (C=O) groups is 1. The number of carbonyl (C=O) groups excluding carboxylic acids is 1. The highest BCUT2D eigenvalue weighted by atomic mass is 19.1. The fourth-order valence-corrected chi connectivity index (χ4v) is 2.55. The maximum Gasteiger partial charge on any atom is 0.246 e. The highest BCUT2D eigenvalue weighted by molar-refractivity contribution is 5.93. The second-order valence-electron chi connectivity index (χ2n) is 5.36. The number of nitrogens with zero attached hydrogens (tertiary/aromatic N) is 2. The number of hydrogen-bond donors (Lipinski definition) is 1. The van der Waals surface area contributed by atoms with Crippen molar-refractivity contribution in [2.45, 2.75) is 25.7 Å². The summed E-state index contributed by atoms with van der Waals surface area (Å²) in [4.78, 5) is 11.9. The minimum absolute atomic E-state index is 0.0297. The third-order valence-corrected chi connectivity index (χ3v) is 3.72. The predicted molar refractivity (Wildman–Crippen MR) is 82.2 cm³/mol. The van der Waals surface area contributed by atoms with E-state index in [0.717, 1.165) is 30.5 Å². The Hall–Kier alpha value is -2.43. The molecule has 4 nitrogen and oxygen atoms in total. The molecule has 0 saturated carbocycles. The first-order chi connectivity index (χ1) is 10.7. The lowest BCUT2D eigenvalue weighted by molar-refractivity contribution is -0.117. The Balaban J connectivity index is 1.55. The molecule has 22 heavy (non-hydrogen) atoms. The molecule has 0 fully saturated rings. The summed E-state index contributed by atoms with van der Waals surface area (Å²) in [6.07, 6.45) is 7.41. The SMILES string of the molecule is O=C(NCCc1ccn(-c2cccc(F)c2)n1)C1=CCCC1. The monoisotopic (exact) mass is 299 g/mol. The number of hydrogen-bond acceptors (Lipinski definition) is 2. The Bertz CT molecular complexity index is 705. The molecule has 1 N–H and O–H groups in total. The zero-order valence-electron chi connectivity index (χ0n) is 12.3. The molecule has 2 aromatic rings. The molecule has 0 atom stereocenters. The summed E-state index contributed by atoms with van der Waals surface area (Å²) in [5, 5.41) is 7.31. The molecule has 1 amide bonds. The van der Waals surface area contributed by atoms with Gasteiger partial charge >= 0.3 is 0 Å². The van der Waals surface area contributed by atoms with E-state index in [1.807, 2.05) is 12.1 Å². The van der Waals surface area contributed by atoms with E-state index in [2.05, 4.69) is 10.4 Å². The van der Waals surface area contributed by atoms with Gasteiger partial charge < -0.3 is 5.32 Å². The third kappa shape index (κ3) is 3.42. The number of halogens is 1. The van der Waals surface area contributed by atoms with Crippen LogP contribution in [0.3, 0.4) is 0 Å². The molecule has 1 heterocycles. The van der Waals surface area contributed by atoms with Crippen molar-refractivity contribution >= 4 is 5.91 Å². The van der Waals surface area contributed by atoms with Gasteiger partial charge in [-0.1, -0.05) is 12.1 Å². The highest BCUT2D eigenvalue weighted by Crippen LogP contribution is 2.17. The second-order valence-corrected chi connectivity index (χ2v) is 5.36. The number of aromatic nitrogens is 2. The lowest BCUT2D eigenvalue weighted by Gasteiger charge is -2.04. The Kier molecular flexibility index (Phi) is 4.32. The van der Waals surface area contributed by atoms with E-state index >= 15 is 0 Å². The fourth-order valence-electron chi connectivity index (χ4n) is 2.55. The number of benzene rings is 1. The summed E-state index contributed by atoms with van der Waals surface area (Å²) in [6, 6.07) is 8.17. The first kappa shape index (κ1) is 14.5. The minimum atomic E-state index is -0.286. The molecule has 0 aliphatic heterocycles. The summed E-state index contributed by atoms with van der Waals surface area (Å²) in [5.41, 5.74) is 2.45. The number of amides is 1. The van der Waals surface area contributed by atoms with Crippen molar-refractivity contribution in [3.8, 4) is 5.69 Å². The maximum absolute atomic E-state index is 13.2. The van der Waals surface area contributed by atoms with Crippen molar-refractivity contribution in [1.29, 1.82) is 0 Å². The predicted octanol–water partition coefficient (Wildman–Crippen LogP) is 2.78. The molecule has 3 rings (SSSR count). The molecule has 0 unspecified atom stereocenters. The summed E-state index contributed by atoms with van der Waals surface area (Å²) in [7, 11) is 0. The van der Waals surface area contributed by atoms with Gasteiger partial charge in [0.1, 0.15) is 5.82 Å². The Morgan fingerprint density at radius 2 is 2.27 bits per heavy atom. The van der Waals surface area contributed by atoms with Crippen LogP contribution in [-0.2, 0) is 11.2 Å². The van der Waals surface area contributed by atoms with Crippen LogP contribution in [0, 0.1) is 5.82 Å². The van der Waals surface area contributed by atoms with Gasteiger partial charge in [0, 0.05) is 24.7 Å². The Morgan fingerprint density at radius 3 is 3.05 bits per heavy atom. The lowest BCUT2D eigenvalue weighted by Crippen LogP contribution is -2.26. The molecule has 0 spiro atoms. The maximum atomic E-state index is 13.2. The number of rotatable bonds is 5. The van der Waals surface area contributed by atoms with E-state index in [0.29, 0.717) is 18.7 Å². The zero-order chi connectivity index (χ0) is 15.4. The molecular formula is C17H18FN3O. The largest absolute Gasteiger partial charge is 0.352 e. The van der Waals surface area contributed by atoms with Gasteiger partial charge in [0.05, 0.1) is 11.4 Å². The number of nitrogens with one attached hydrogen (secondary N) is 1. The van der Waals surface area contributed by atoms with Gasteiger partial charge in [-0.2, -0.15) is 5.10 Å². The summed E-state index contributed by atoms with van der Waals surface area (Å²) >= 11 is 0. The first-order valence-electron chi connectivity index (χ1n) is 7.50. The van der Waals surface area contributed by atoms with E-state index < -0.39 is 0 Å². The normalized spacial score (nSPS) is 14.0. The molecular weight excluding hydrogens is 281 g/mol. The van der Waals surface area contributed by atoms with Gasteiger partial charge in [-0.3, -0.25) is 4.79 Å². The van der Waals surface area contributed by atoms with Crippen LogP contribution in [0.25, 0.3) is 5.69 Å². The second kappa shape index (κ2) is 6.56. The highest BCUT2D eigenvalue weighted by Gasteiger charge is 2.12. The van der Waals surface area contributed by atoms with E-state index in [-0.39, 0.29) is 11.7 Å². The van der Waals surface area contributed by atoms with E-state index in [1.165, 1.54) is 12.1 Å². The van der Waals surface area contributed by atoms with Gasteiger partial charge in [0.15, 0.2) is 0 Å². The van der Waals surface area contributed by atoms with Crippen LogP contribution in [0.5, 0.6) is 0 Å². The molecule has 1 aliphatic carbocycles. The van der Waals surface area contributed by atoms with Crippen LogP contribution in [0.2, 0.25) is 0 Å². The molecule has 1 aromatic heterocycles. The van der Waals surface area contributed by atoms with Crippen LogP contribution in [-0.4, -0.2) is 22.2 Å². The van der Waals surface area contributed by atoms with Crippen molar-refractivity contribution in [1.82, 2.24) is 15.1 Å². The molecule has 5 heteroatoms. The zero-order valence-corrected chi connectivity index (χ0v) is 12.3. The lowest BCUT2D eigenvalue weighted by atomic mass is 10.2. The van der Waals surface area contributed by atoms with Crippen LogP contribution in [0.1, 0.15) is 25.0 Å². The van der Waals surface area contributed by atoms with Gasteiger partial charge in [-0.25, -0.2) is 9.07 Å². The van der Waals surface area contributed by atoms with Gasteiger partial charge in [-0.15, -0.1) is 0 Å². The molecule has 0 bridgehead atoms.